The van der Waals surface area contributed by atoms with Gasteiger partial charge in [0.1, 0.15) is 0 Å². The van der Waals surface area contributed by atoms with Crippen molar-refractivity contribution < 1.29 is 18.0 Å². The molecule has 20 heavy (non-hydrogen) atoms. The lowest BCUT2D eigenvalue weighted by Crippen LogP contribution is -2.49. The maximum absolute atomic E-state index is 5.88. The zero-order valence-electron chi connectivity index (χ0n) is 13.7. The average Bonchev–Trinajstić information content (AvgIpc) is 2.42. The Morgan fingerprint density at radius 1 is 0.950 bits per heavy atom. The fourth-order valence-electron chi connectivity index (χ4n) is 2.15. The second kappa shape index (κ2) is 12.7. The van der Waals surface area contributed by atoms with Crippen molar-refractivity contribution in [1.82, 2.24) is 0 Å². The first-order chi connectivity index (χ1) is 9.67. The summed E-state index contributed by atoms with van der Waals surface area (Å²) in [7, 11) is -2.62. The van der Waals surface area contributed by atoms with Crippen LogP contribution in [-0.2, 0) is 18.0 Å². The van der Waals surface area contributed by atoms with Gasteiger partial charge in [0.05, 0.1) is 12.7 Å². The first kappa shape index (κ1) is 20.0. The zero-order chi connectivity index (χ0) is 15.3. The summed E-state index contributed by atoms with van der Waals surface area (Å²) < 4.78 is 23.5. The van der Waals surface area contributed by atoms with Gasteiger partial charge < -0.3 is 23.7 Å². The summed E-state index contributed by atoms with van der Waals surface area (Å²) in [6, 6.07) is 0.711. The lowest BCUT2D eigenvalue weighted by Gasteiger charge is -2.31. The predicted molar refractivity (Wildman–Crippen MR) is 83.8 cm³/mol. The average molecular weight is 308 g/mol. The van der Waals surface area contributed by atoms with Crippen molar-refractivity contribution in [3.05, 3.63) is 0 Å². The summed E-state index contributed by atoms with van der Waals surface area (Å²) >= 11 is 0. The van der Waals surface area contributed by atoms with E-state index in [9.17, 15) is 0 Å². The molecule has 1 unspecified atom stereocenters. The van der Waals surface area contributed by atoms with Gasteiger partial charge in [-0.2, -0.15) is 0 Å². The van der Waals surface area contributed by atoms with Gasteiger partial charge in [0.25, 0.3) is 0 Å². The van der Waals surface area contributed by atoms with Gasteiger partial charge in [-0.15, -0.1) is 0 Å². The van der Waals surface area contributed by atoms with E-state index in [1.165, 1.54) is 0 Å². The number of hydrogen-bond acceptors (Lipinski definition) is 5. The van der Waals surface area contributed by atoms with Crippen LogP contribution in [0.4, 0.5) is 0 Å². The molecule has 0 aliphatic rings. The van der Waals surface area contributed by atoms with Gasteiger partial charge in [-0.1, -0.05) is 19.8 Å². The van der Waals surface area contributed by atoms with E-state index in [2.05, 4.69) is 6.92 Å². The van der Waals surface area contributed by atoms with Crippen LogP contribution in [-0.4, -0.2) is 47.9 Å². The molecule has 6 heteroatoms. The third-order valence-corrected chi connectivity index (χ3v) is 6.06. The Balaban J connectivity index is 4.71. The summed E-state index contributed by atoms with van der Waals surface area (Å²) in [5.41, 5.74) is 5.54. The summed E-state index contributed by atoms with van der Waals surface area (Å²) in [5.74, 6) is 0. The Morgan fingerprint density at radius 3 is 1.90 bits per heavy atom. The van der Waals surface area contributed by atoms with Crippen LogP contribution < -0.4 is 5.73 Å². The summed E-state index contributed by atoms with van der Waals surface area (Å²) in [6.45, 7) is 11.0. The van der Waals surface area contributed by atoms with Gasteiger partial charge in [0.2, 0.25) is 0 Å². The minimum atomic E-state index is -2.62. The van der Waals surface area contributed by atoms with Gasteiger partial charge in [-0.05, 0) is 27.2 Å². The molecule has 122 valence electrons. The molecule has 0 heterocycles. The summed E-state index contributed by atoms with van der Waals surface area (Å²) in [4.78, 5) is 0. The van der Waals surface area contributed by atoms with Crippen LogP contribution in [0.3, 0.4) is 0 Å². The highest BCUT2D eigenvalue weighted by Crippen LogP contribution is 2.23. The Labute approximate surface area is 125 Å². The van der Waals surface area contributed by atoms with Crippen LogP contribution in [0.5, 0.6) is 0 Å². The van der Waals surface area contributed by atoms with Crippen molar-refractivity contribution in [2.45, 2.75) is 59.1 Å². The van der Waals surface area contributed by atoms with Gasteiger partial charge in [-0.3, -0.25) is 0 Å². The van der Waals surface area contributed by atoms with Crippen LogP contribution in [0.25, 0.3) is 0 Å². The van der Waals surface area contributed by atoms with Crippen LogP contribution in [0.15, 0.2) is 0 Å². The fraction of sp³-hybridized carbons (Fsp3) is 1.00. The molecule has 0 aliphatic heterocycles. The second-order valence-electron chi connectivity index (χ2n) is 4.61. The molecule has 0 saturated carbocycles. The largest absolute Gasteiger partial charge is 0.503 e. The van der Waals surface area contributed by atoms with Crippen molar-refractivity contribution in [2.24, 2.45) is 5.73 Å². The molecule has 0 amide bonds. The molecule has 0 aromatic heterocycles. The van der Waals surface area contributed by atoms with Gasteiger partial charge in [0.15, 0.2) is 0 Å². The van der Waals surface area contributed by atoms with Gasteiger partial charge >= 0.3 is 8.80 Å². The standard InChI is InChI=1S/C14H33NO4Si/c1-5-9-10-14(16-12-11-15)13-20(17-6-2,18-7-3)19-8-4/h14H,5-13,15H2,1-4H3. The maximum atomic E-state index is 5.88. The van der Waals surface area contributed by atoms with Crippen LogP contribution in [0.2, 0.25) is 6.04 Å². The molecule has 2 N–H and O–H groups in total. The highest BCUT2D eigenvalue weighted by Gasteiger charge is 2.43. The van der Waals surface area contributed by atoms with E-state index in [0.717, 1.165) is 19.3 Å². The topological polar surface area (TPSA) is 62.9 Å². The molecule has 5 nitrogen and oxygen atoms in total. The highest BCUT2D eigenvalue weighted by molar-refractivity contribution is 6.60. The number of ether oxygens (including phenoxy) is 1. The molecule has 0 rings (SSSR count). The Morgan fingerprint density at radius 2 is 1.50 bits per heavy atom. The van der Waals surface area contributed by atoms with Crippen LogP contribution in [0.1, 0.15) is 47.0 Å². The molecular formula is C14H33NO4Si. The lowest BCUT2D eigenvalue weighted by molar-refractivity contribution is 0.0246. The molecular weight excluding hydrogens is 274 g/mol. The highest BCUT2D eigenvalue weighted by atomic mass is 28.4. The predicted octanol–water partition coefficient (Wildman–Crippen LogP) is 2.57. The molecule has 0 bridgehead atoms. The SMILES string of the molecule is CCCCC(C[Si](OCC)(OCC)OCC)OCCN. The van der Waals surface area contributed by atoms with Gasteiger partial charge in [-0.25, -0.2) is 0 Å². The van der Waals surface area contributed by atoms with E-state index >= 15 is 0 Å². The van der Waals surface area contributed by atoms with Crippen LogP contribution in [0, 0.1) is 0 Å². The Kier molecular flexibility index (Phi) is 12.7. The van der Waals surface area contributed by atoms with E-state index < -0.39 is 8.80 Å². The quantitative estimate of drug-likeness (QED) is 0.500. The third-order valence-electron chi connectivity index (χ3n) is 2.92. The molecule has 0 radical (unpaired) electrons. The number of nitrogens with two attached hydrogens (primary N) is 1. The minimum absolute atomic E-state index is 0.106. The first-order valence-corrected chi connectivity index (χ1v) is 9.84. The van der Waals surface area contributed by atoms with E-state index in [1.54, 1.807) is 0 Å². The number of rotatable bonds is 14. The first-order valence-electron chi connectivity index (χ1n) is 7.91. The van der Waals surface area contributed by atoms with Crippen molar-refractivity contribution >= 4 is 8.80 Å². The minimum Gasteiger partial charge on any atom is -0.377 e. The fourth-order valence-corrected chi connectivity index (χ4v) is 4.95. The number of unbranched alkanes of at least 4 members (excludes halogenated alkanes) is 1. The van der Waals surface area contributed by atoms with Crippen molar-refractivity contribution in [1.29, 1.82) is 0 Å². The molecule has 0 fully saturated rings. The Hall–Kier alpha value is 0.0169. The van der Waals surface area contributed by atoms with Crippen molar-refractivity contribution in [3.8, 4) is 0 Å². The van der Waals surface area contributed by atoms with Crippen molar-refractivity contribution in [3.63, 3.8) is 0 Å². The van der Waals surface area contributed by atoms with E-state index in [0.29, 0.717) is 39.0 Å². The van der Waals surface area contributed by atoms with Gasteiger partial charge in [0, 0.05) is 32.4 Å². The maximum Gasteiger partial charge on any atom is 0.503 e. The molecule has 1 atom stereocenters. The van der Waals surface area contributed by atoms with Crippen LogP contribution >= 0.6 is 0 Å². The molecule has 0 aromatic rings. The number of hydrogen-bond donors (Lipinski definition) is 1. The Bertz CT molecular complexity index is 194. The third kappa shape index (κ3) is 8.34. The molecule has 0 spiro atoms. The normalized spacial score (nSPS) is 13.7. The summed E-state index contributed by atoms with van der Waals surface area (Å²) in [6.07, 6.45) is 3.38. The van der Waals surface area contributed by atoms with Crippen molar-refractivity contribution in [2.75, 3.05) is 33.0 Å². The molecule has 0 saturated heterocycles. The summed E-state index contributed by atoms with van der Waals surface area (Å²) in [5, 5.41) is 0. The van der Waals surface area contributed by atoms with E-state index in [1.807, 2.05) is 20.8 Å². The second-order valence-corrected chi connectivity index (χ2v) is 7.25. The van der Waals surface area contributed by atoms with E-state index in [4.69, 9.17) is 23.7 Å². The smallest absolute Gasteiger partial charge is 0.377 e. The molecule has 0 aromatic carbocycles. The molecule has 0 aliphatic carbocycles. The monoisotopic (exact) mass is 307 g/mol. The zero-order valence-corrected chi connectivity index (χ0v) is 14.7. The lowest BCUT2D eigenvalue weighted by atomic mass is 10.2. The van der Waals surface area contributed by atoms with E-state index in [-0.39, 0.29) is 6.10 Å².